The number of thioether (sulfide) groups is 1. The van der Waals surface area contributed by atoms with Crippen molar-refractivity contribution in [1.29, 1.82) is 5.41 Å². The second-order valence-electron chi connectivity index (χ2n) is 4.43. The highest BCUT2D eigenvalue weighted by Crippen LogP contribution is 2.24. The van der Waals surface area contributed by atoms with Crippen LogP contribution in [0.2, 0.25) is 0 Å². The molecule has 0 saturated heterocycles. The van der Waals surface area contributed by atoms with E-state index in [4.69, 9.17) is 11.1 Å². The molecule has 0 spiro atoms. The highest BCUT2D eigenvalue weighted by atomic mass is 32.2. The van der Waals surface area contributed by atoms with E-state index in [1.165, 1.54) is 18.0 Å². The third-order valence-electron chi connectivity index (χ3n) is 2.67. The lowest BCUT2D eigenvalue weighted by atomic mass is 10.1. The molecule has 0 radical (unpaired) electrons. The van der Waals surface area contributed by atoms with E-state index in [1.54, 1.807) is 0 Å². The first-order valence-electron chi connectivity index (χ1n) is 5.91. The highest BCUT2D eigenvalue weighted by molar-refractivity contribution is 8.00. The molecule has 0 aliphatic rings. The Balaban J connectivity index is 2.34. The summed E-state index contributed by atoms with van der Waals surface area (Å²) in [5, 5.41) is 9.12. The molecule has 0 aliphatic carbocycles. The van der Waals surface area contributed by atoms with Crippen molar-refractivity contribution >= 4 is 38.3 Å². The Morgan fingerprint density at radius 2 is 2.10 bits per heavy atom. The molecule has 0 aliphatic heterocycles. The van der Waals surface area contributed by atoms with Crippen LogP contribution in [0, 0.1) is 5.41 Å². The number of nitrogens with two attached hydrogens (primary N) is 1. The van der Waals surface area contributed by atoms with Crippen molar-refractivity contribution in [2.24, 2.45) is 5.73 Å². The number of aromatic nitrogens is 1. The second-order valence-corrected chi connectivity index (χ2v) is 7.77. The predicted octanol–water partition coefficient (Wildman–Crippen LogP) is 1.66. The Hall–Kier alpha value is -1.60. The number of hydrogen-bond donors (Lipinski definition) is 2. The Kier molecular flexibility index (Phi) is 4.29. The number of sulfone groups is 1. The highest BCUT2D eigenvalue weighted by Gasteiger charge is 2.11. The van der Waals surface area contributed by atoms with Crippen molar-refractivity contribution in [2.45, 2.75) is 5.03 Å². The summed E-state index contributed by atoms with van der Waals surface area (Å²) in [5.41, 5.74) is 6.92. The van der Waals surface area contributed by atoms with E-state index in [1.807, 2.05) is 30.3 Å². The Bertz CT molecular complexity index is 757. The summed E-state index contributed by atoms with van der Waals surface area (Å²) in [6, 6.07) is 9.37. The van der Waals surface area contributed by atoms with Gasteiger partial charge in [-0.3, -0.25) is 5.41 Å². The van der Waals surface area contributed by atoms with Gasteiger partial charge in [0.05, 0.1) is 11.3 Å². The molecule has 7 heteroatoms. The van der Waals surface area contributed by atoms with Crippen molar-refractivity contribution in [1.82, 2.24) is 4.98 Å². The zero-order valence-electron chi connectivity index (χ0n) is 11.0. The standard InChI is InChI=1S/C13H15N3O2S2/c1-20(17,18)7-6-19-13-10(12(14)15)8-9-4-2-3-5-11(9)16-13/h2-5,8H,6-7H2,1H3,(H3,14,15). The van der Waals surface area contributed by atoms with Gasteiger partial charge in [-0.15, -0.1) is 11.8 Å². The van der Waals surface area contributed by atoms with Gasteiger partial charge in [0.15, 0.2) is 0 Å². The first-order chi connectivity index (χ1) is 9.37. The van der Waals surface area contributed by atoms with E-state index in [2.05, 4.69) is 4.98 Å². The number of nitrogens with zero attached hydrogens (tertiary/aromatic N) is 1. The summed E-state index contributed by atoms with van der Waals surface area (Å²) in [6.45, 7) is 0. The monoisotopic (exact) mass is 309 g/mol. The van der Waals surface area contributed by atoms with Crippen LogP contribution < -0.4 is 5.73 Å². The number of nitrogen functional groups attached to an aromatic ring is 1. The Morgan fingerprint density at radius 3 is 2.75 bits per heavy atom. The summed E-state index contributed by atoms with van der Waals surface area (Å²) in [4.78, 5) is 4.46. The van der Waals surface area contributed by atoms with Crippen molar-refractivity contribution < 1.29 is 8.42 Å². The van der Waals surface area contributed by atoms with Crippen molar-refractivity contribution in [3.8, 4) is 0 Å². The SMILES string of the molecule is CS(=O)(=O)CCSc1nc2ccccc2cc1C(=N)N. The van der Waals surface area contributed by atoms with Gasteiger partial charge in [0.1, 0.15) is 20.7 Å². The number of rotatable bonds is 5. The average molecular weight is 309 g/mol. The molecule has 0 unspecified atom stereocenters. The smallest absolute Gasteiger partial charge is 0.148 e. The fourth-order valence-electron chi connectivity index (χ4n) is 1.69. The number of amidine groups is 1. The zero-order chi connectivity index (χ0) is 14.8. The van der Waals surface area contributed by atoms with Gasteiger partial charge in [-0.2, -0.15) is 0 Å². The van der Waals surface area contributed by atoms with Crippen molar-refractivity contribution in [3.05, 3.63) is 35.9 Å². The molecular formula is C13H15N3O2S2. The molecule has 106 valence electrons. The van der Waals surface area contributed by atoms with Crippen LogP contribution in [-0.4, -0.2) is 37.0 Å². The molecule has 0 saturated carbocycles. The van der Waals surface area contributed by atoms with Crippen LogP contribution in [-0.2, 0) is 9.84 Å². The number of pyridine rings is 1. The maximum absolute atomic E-state index is 11.2. The van der Waals surface area contributed by atoms with Gasteiger partial charge in [-0.05, 0) is 12.1 Å². The van der Waals surface area contributed by atoms with E-state index >= 15 is 0 Å². The quantitative estimate of drug-likeness (QED) is 0.497. The molecule has 20 heavy (non-hydrogen) atoms. The molecular weight excluding hydrogens is 294 g/mol. The van der Waals surface area contributed by atoms with E-state index in [-0.39, 0.29) is 11.6 Å². The number of hydrogen-bond acceptors (Lipinski definition) is 5. The molecule has 0 fully saturated rings. The van der Waals surface area contributed by atoms with Gasteiger partial charge in [-0.25, -0.2) is 13.4 Å². The van der Waals surface area contributed by atoms with Crippen LogP contribution in [0.25, 0.3) is 10.9 Å². The number of para-hydroxylation sites is 1. The van der Waals surface area contributed by atoms with Gasteiger partial charge in [0, 0.05) is 23.0 Å². The summed E-state index contributed by atoms with van der Waals surface area (Å²) >= 11 is 1.31. The summed E-state index contributed by atoms with van der Waals surface area (Å²) < 4.78 is 22.3. The largest absolute Gasteiger partial charge is 0.384 e. The molecule has 3 N–H and O–H groups in total. The topological polar surface area (TPSA) is 96.9 Å². The van der Waals surface area contributed by atoms with Gasteiger partial charge >= 0.3 is 0 Å². The maximum atomic E-state index is 11.2. The minimum absolute atomic E-state index is 0.0647. The van der Waals surface area contributed by atoms with Gasteiger partial charge in [-0.1, -0.05) is 18.2 Å². The number of benzene rings is 1. The summed E-state index contributed by atoms with van der Waals surface area (Å²) in [7, 11) is -3.00. The lowest BCUT2D eigenvalue weighted by molar-refractivity contribution is 0.603. The predicted molar refractivity (Wildman–Crippen MR) is 83.2 cm³/mol. The minimum Gasteiger partial charge on any atom is -0.384 e. The minimum atomic E-state index is -3.00. The molecule has 2 aromatic rings. The van der Waals surface area contributed by atoms with E-state index in [9.17, 15) is 8.42 Å². The number of nitrogens with one attached hydrogen (secondary N) is 1. The third kappa shape index (κ3) is 3.71. The molecule has 2 rings (SSSR count). The molecule has 1 aromatic carbocycles. The lowest BCUT2D eigenvalue weighted by Crippen LogP contribution is -2.14. The van der Waals surface area contributed by atoms with E-state index in [0.29, 0.717) is 16.3 Å². The molecule has 0 bridgehead atoms. The van der Waals surface area contributed by atoms with Crippen LogP contribution in [0.5, 0.6) is 0 Å². The van der Waals surface area contributed by atoms with E-state index < -0.39 is 9.84 Å². The van der Waals surface area contributed by atoms with Crippen LogP contribution in [0.4, 0.5) is 0 Å². The maximum Gasteiger partial charge on any atom is 0.148 e. The Labute approximate surface area is 122 Å². The first-order valence-corrected chi connectivity index (χ1v) is 8.96. The van der Waals surface area contributed by atoms with Crippen molar-refractivity contribution in [3.63, 3.8) is 0 Å². The van der Waals surface area contributed by atoms with Crippen molar-refractivity contribution in [2.75, 3.05) is 17.8 Å². The normalized spacial score (nSPS) is 11.7. The van der Waals surface area contributed by atoms with Crippen LogP contribution in [0.1, 0.15) is 5.56 Å². The van der Waals surface area contributed by atoms with E-state index in [0.717, 1.165) is 10.9 Å². The van der Waals surface area contributed by atoms with Crippen LogP contribution >= 0.6 is 11.8 Å². The molecule has 1 aromatic heterocycles. The lowest BCUT2D eigenvalue weighted by Gasteiger charge is -2.08. The summed E-state index contributed by atoms with van der Waals surface area (Å²) in [5.74, 6) is 0.402. The summed E-state index contributed by atoms with van der Waals surface area (Å²) in [6.07, 6.45) is 1.20. The fraction of sp³-hybridized carbons (Fsp3) is 0.231. The fourth-order valence-corrected chi connectivity index (χ4v) is 3.92. The van der Waals surface area contributed by atoms with Gasteiger partial charge in [0.25, 0.3) is 0 Å². The molecule has 0 amide bonds. The van der Waals surface area contributed by atoms with Crippen LogP contribution in [0.15, 0.2) is 35.4 Å². The Morgan fingerprint density at radius 1 is 1.40 bits per heavy atom. The molecule has 0 atom stereocenters. The third-order valence-corrected chi connectivity index (χ3v) is 4.87. The zero-order valence-corrected chi connectivity index (χ0v) is 12.6. The van der Waals surface area contributed by atoms with Gasteiger partial charge < -0.3 is 5.73 Å². The molecule has 5 nitrogen and oxygen atoms in total. The molecule has 1 heterocycles. The average Bonchev–Trinajstić information content (AvgIpc) is 2.36. The second kappa shape index (κ2) is 5.80. The van der Waals surface area contributed by atoms with Crippen LogP contribution in [0.3, 0.4) is 0 Å². The van der Waals surface area contributed by atoms with Gasteiger partial charge in [0.2, 0.25) is 0 Å². The number of fused-ring (bicyclic) bond motifs is 1. The first kappa shape index (κ1) is 14.8.